The molecule has 0 saturated carbocycles. The van der Waals surface area contributed by atoms with Gasteiger partial charge in [-0.3, -0.25) is 14.4 Å². The lowest BCUT2D eigenvalue weighted by molar-refractivity contribution is -0.137. The summed E-state index contributed by atoms with van der Waals surface area (Å²) in [4.78, 5) is 35.0. The molecule has 3 rings (SSSR count). The molecule has 1 N–H and O–H groups in total. The summed E-state index contributed by atoms with van der Waals surface area (Å²) in [5.41, 5.74) is 5.18. The van der Waals surface area contributed by atoms with Crippen molar-refractivity contribution in [3.05, 3.63) is 89.0 Å². The van der Waals surface area contributed by atoms with Crippen LogP contribution in [-0.2, 0) is 4.79 Å². The summed E-state index contributed by atoms with van der Waals surface area (Å²) in [7, 11) is 0. The van der Waals surface area contributed by atoms with Gasteiger partial charge >= 0.3 is 5.97 Å². The van der Waals surface area contributed by atoms with E-state index >= 15 is 0 Å². The summed E-state index contributed by atoms with van der Waals surface area (Å²) < 4.78 is 6.38. The molecule has 0 heterocycles. The molecule has 0 radical (unpaired) electrons. The van der Waals surface area contributed by atoms with E-state index in [1.165, 1.54) is 5.56 Å². The van der Waals surface area contributed by atoms with Crippen LogP contribution in [0.1, 0.15) is 97.2 Å². The van der Waals surface area contributed by atoms with E-state index in [2.05, 4.69) is 39.8 Å². The lowest BCUT2D eigenvalue weighted by Gasteiger charge is -2.22. The molecule has 3 aromatic carbocycles. The molecule has 5 heteroatoms. The molecular formula is C32H36O5. The minimum absolute atomic E-state index is 0.0149. The molecule has 194 valence electrons. The number of aldehydes is 1. The minimum atomic E-state index is -0.897. The monoisotopic (exact) mass is 500 g/mol. The summed E-state index contributed by atoms with van der Waals surface area (Å²) >= 11 is 0. The number of aliphatic carboxylic acids is 1. The molecule has 1 atom stereocenters. The van der Waals surface area contributed by atoms with Gasteiger partial charge in [0.2, 0.25) is 0 Å². The first kappa shape index (κ1) is 27.9. The van der Waals surface area contributed by atoms with Gasteiger partial charge in [0.15, 0.2) is 12.1 Å². The molecule has 0 fully saturated rings. The zero-order chi connectivity index (χ0) is 26.9. The van der Waals surface area contributed by atoms with Crippen molar-refractivity contribution in [3.63, 3.8) is 0 Å². The Bertz CT molecular complexity index is 1210. The van der Waals surface area contributed by atoms with E-state index in [-0.39, 0.29) is 24.7 Å². The quantitative estimate of drug-likeness (QED) is 0.191. The van der Waals surface area contributed by atoms with Gasteiger partial charge in [0, 0.05) is 24.0 Å². The first-order chi connectivity index (χ1) is 17.7. The smallest absolute Gasteiger partial charge is 0.303 e. The number of hydrogen-bond acceptors (Lipinski definition) is 4. The van der Waals surface area contributed by atoms with E-state index in [1.54, 1.807) is 18.2 Å². The fourth-order valence-corrected chi connectivity index (χ4v) is 4.29. The van der Waals surface area contributed by atoms with Crippen LogP contribution in [0.15, 0.2) is 66.7 Å². The maximum absolute atomic E-state index is 12.4. The van der Waals surface area contributed by atoms with Crippen molar-refractivity contribution < 1.29 is 24.2 Å². The van der Waals surface area contributed by atoms with Crippen LogP contribution in [0.5, 0.6) is 5.75 Å². The van der Waals surface area contributed by atoms with Crippen molar-refractivity contribution in [2.45, 2.75) is 65.4 Å². The topological polar surface area (TPSA) is 80.7 Å². The molecule has 0 saturated heterocycles. The van der Waals surface area contributed by atoms with Gasteiger partial charge in [-0.2, -0.15) is 0 Å². The Labute approximate surface area is 219 Å². The number of Topliss-reactive ketones (excluding diaryl/α,β-unsaturated/α-hetero) is 1. The van der Waals surface area contributed by atoms with Gasteiger partial charge in [-0.1, -0.05) is 76.2 Å². The van der Waals surface area contributed by atoms with Crippen LogP contribution in [0.4, 0.5) is 0 Å². The second-order valence-corrected chi connectivity index (χ2v) is 10.2. The number of ether oxygens (including phenoxy) is 1. The first-order valence-electron chi connectivity index (χ1n) is 12.9. The van der Waals surface area contributed by atoms with E-state index in [0.717, 1.165) is 29.4 Å². The molecule has 0 aliphatic carbocycles. The Morgan fingerprint density at radius 1 is 0.865 bits per heavy atom. The zero-order valence-electron chi connectivity index (χ0n) is 22.1. The lowest BCUT2D eigenvalue weighted by Crippen LogP contribution is -2.11. The first-order valence-corrected chi connectivity index (χ1v) is 12.9. The average Bonchev–Trinajstić information content (AvgIpc) is 2.88. The summed E-state index contributed by atoms with van der Waals surface area (Å²) in [6.45, 7) is 8.55. The Hall–Kier alpha value is -3.73. The summed E-state index contributed by atoms with van der Waals surface area (Å²) in [6, 6.07) is 21.2. The van der Waals surface area contributed by atoms with Crippen molar-refractivity contribution in [2.24, 2.45) is 5.92 Å². The maximum Gasteiger partial charge on any atom is 0.303 e. The number of hydrogen-bond donors (Lipinski definition) is 1. The lowest BCUT2D eigenvalue weighted by atomic mass is 9.95. The molecule has 3 aromatic rings. The van der Waals surface area contributed by atoms with Crippen molar-refractivity contribution in [1.29, 1.82) is 0 Å². The van der Waals surface area contributed by atoms with Crippen LogP contribution in [-0.4, -0.2) is 23.1 Å². The third-order valence-electron chi connectivity index (χ3n) is 6.40. The predicted molar refractivity (Wildman–Crippen MR) is 146 cm³/mol. The summed E-state index contributed by atoms with van der Waals surface area (Å²) in [6.07, 6.45) is 1.90. The highest BCUT2D eigenvalue weighted by atomic mass is 16.5. The van der Waals surface area contributed by atoms with Gasteiger partial charge in [-0.25, -0.2) is 0 Å². The second-order valence-electron chi connectivity index (χ2n) is 10.2. The molecule has 0 aromatic heterocycles. The van der Waals surface area contributed by atoms with Gasteiger partial charge in [-0.05, 0) is 65.1 Å². The Morgan fingerprint density at radius 3 is 2.08 bits per heavy atom. The largest absolute Gasteiger partial charge is 0.486 e. The molecule has 0 spiro atoms. The van der Waals surface area contributed by atoms with E-state index in [1.807, 2.05) is 36.4 Å². The van der Waals surface area contributed by atoms with Crippen LogP contribution in [0, 0.1) is 5.92 Å². The maximum atomic E-state index is 12.4. The second kappa shape index (κ2) is 13.0. The highest BCUT2D eigenvalue weighted by Gasteiger charge is 2.18. The number of benzene rings is 3. The number of carboxylic acids is 1. The molecule has 1 unspecified atom stereocenters. The molecule has 0 bridgehead atoms. The Balaban J connectivity index is 1.79. The number of carbonyl (C=O) groups excluding carboxylic acids is 2. The van der Waals surface area contributed by atoms with Gasteiger partial charge in [0.1, 0.15) is 11.9 Å². The van der Waals surface area contributed by atoms with Crippen molar-refractivity contribution >= 4 is 18.0 Å². The SMILES string of the molecule is CC(C)CC(Oc1ccc(-c2ccc(C(C)C)cc2)c(C=O)c1)c1ccc(C(=O)CCCC(=O)O)cc1. The predicted octanol–water partition coefficient (Wildman–Crippen LogP) is 7.89. The van der Waals surface area contributed by atoms with E-state index < -0.39 is 5.97 Å². The number of ketones is 1. The van der Waals surface area contributed by atoms with Crippen LogP contribution in [0.2, 0.25) is 0 Å². The third kappa shape index (κ3) is 7.88. The molecule has 0 aliphatic rings. The summed E-state index contributed by atoms with van der Waals surface area (Å²) in [5.74, 6) is 0.460. The highest BCUT2D eigenvalue weighted by Crippen LogP contribution is 2.32. The fourth-order valence-electron chi connectivity index (χ4n) is 4.29. The molecular weight excluding hydrogens is 464 g/mol. The van der Waals surface area contributed by atoms with Crippen molar-refractivity contribution in [1.82, 2.24) is 0 Å². The highest BCUT2D eigenvalue weighted by molar-refractivity contribution is 5.96. The van der Waals surface area contributed by atoms with Crippen LogP contribution in [0.3, 0.4) is 0 Å². The number of carboxylic acid groups (broad SMARTS) is 1. The van der Waals surface area contributed by atoms with Crippen molar-refractivity contribution in [2.75, 3.05) is 0 Å². The van der Waals surface area contributed by atoms with Crippen LogP contribution >= 0.6 is 0 Å². The van der Waals surface area contributed by atoms with Gasteiger partial charge in [0.05, 0.1) is 0 Å². The molecule has 0 aliphatic heterocycles. The van der Waals surface area contributed by atoms with E-state index in [0.29, 0.717) is 35.1 Å². The van der Waals surface area contributed by atoms with Crippen molar-refractivity contribution in [3.8, 4) is 16.9 Å². The van der Waals surface area contributed by atoms with Gasteiger partial charge in [-0.15, -0.1) is 0 Å². The standard InChI is InChI=1S/C32H36O5/c1-21(2)18-31(26-14-12-25(13-15-26)30(34)6-5-7-32(35)36)37-28-16-17-29(27(19-28)20-33)24-10-8-23(9-11-24)22(3)4/h8-17,19-22,31H,5-7,18H2,1-4H3,(H,35,36). The normalized spacial score (nSPS) is 11.9. The summed E-state index contributed by atoms with van der Waals surface area (Å²) in [5, 5.41) is 8.78. The average molecular weight is 501 g/mol. The van der Waals surface area contributed by atoms with E-state index in [9.17, 15) is 14.4 Å². The Kier molecular flexibility index (Phi) is 9.78. The third-order valence-corrected chi connectivity index (χ3v) is 6.40. The van der Waals surface area contributed by atoms with E-state index in [4.69, 9.17) is 9.84 Å². The molecule has 37 heavy (non-hydrogen) atoms. The van der Waals surface area contributed by atoms with Crippen LogP contribution in [0.25, 0.3) is 11.1 Å². The minimum Gasteiger partial charge on any atom is -0.486 e. The number of rotatable bonds is 13. The van der Waals surface area contributed by atoms with Gasteiger partial charge < -0.3 is 9.84 Å². The molecule has 5 nitrogen and oxygen atoms in total. The number of carbonyl (C=O) groups is 3. The van der Waals surface area contributed by atoms with Gasteiger partial charge in [0.25, 0.3) is 0 Å². The Morgan fingerprint density at radius 2 is 1.51 bits per heavy atom. The van der Waals surface area contributed by atoms with Crippen LogP contribution < -0.4 is 4.74 Å². The molecule has 0 amide bonds. The fraction of sp³-hybridized carbons (Fsp3) is 0.344. The zero-order valence-corrected chi connectivity index (χ0v) is 22.1.